The van der Waals surface area contributed by atoms with Crippen molar-refractivity contribution in [3.05, 3.63) is 30.5 Å². The molecule has 7 nitrogen and oxygen atoms in total. The van der Waals surface area contributed by atoms with Crippen molar-refractivity contribution in [2.45, 2.75) is 50.4 Å². The van der Waals surface area contributed by atoms with Crippen LogP contribution in [0.4, 0.5) is 0 Å². The molecule has 0 radical (unpaired) electrons. The zero-order valence-electron chi connectivity index (χ0n) is 16.7. The molecule has 1 aliphatic heterocycles. The minimum Gasteiger partial charge on any atom is -0.376 e. The summed E-state index contributed by atoms with van der Waals surface area (Å²) in [7, 11) is 0. The summed E-state index contributed by atoms with van der Waals surface area (Å²) >= 11 is 1.43. The minimum atomic E-state index is 0.0313. The van der Waals surface area contributed by atoms with Gasteiger partial charge in [0.05, 0.1) is 18.4 Å². The van der Waals surface area contributed by atoms with E-state index in [0.717, 1.165) is 66.3 Å². The number of nitrogens with one attached hydrogen (secondary N) is 2. The second-order valence-electron chi connectivity index (χ2n) is 7.29. The molecule has 1 atom stereocenters. The fourth-order valence-corrected chi connectivity index (χ4v) is 4.37. The predicted molar refractivity (Wildman–Crippen MR) is 115 cm³/mol. The summed E-state index contributed by atoms with van der Waals surface area (Å²) in [5.41, 5.74) is 2.09. The Morgan fingerprint density at radius 3 is 3.10 bits per heavy atom. The highest BCUT2D eigenvalue weighted by molar-refractivity contribution is 7.99. The van der Waals surface area contributed by atoms with Gasteiger partial charge in [-0.15, -0.1) is 10.2 Å². The zero-order chi connectivity index (χ0) is 20.1. The highest BCUT2D eigenvalue weighted by Crippen LogP contribution is 2.31. The molecule has 2 aromatic heterocycles. The number of H-pyrrole nitrogens is 1. The second-order valence-corrected chi connectivity index (χ2v) is 8.23. The van der Waals surface area contributed by atoms with Crippen LogP contribution in [0, 0.1) is 0 Å². The number of aromatic amines is 1. The third kappa shape index (κ3) is 4.64. The Hall–Kier alpha value is -2.32. The Bertz CT molecular complexity index is 961. The van der Waals surface area contributed by atoms with E-state index < -0.39 is 0 Å². The smallest absolute Gasteiger partial charge is 0.230 e. The van der Waals surface area contributed by atoms with Crippen LogP contribution in [0.2, 0.25) is 0 Å². The summed E-state index contributed by atoms with van der Waals surface area (Å²) in [6, 6.07) is 8.17. The standard InChI is InChI=1S/C21H27N5O2S/c1-2-3-10-22-19(27)14-29-21-25-24-20(26(21)13-15-7-6-11-28-15)17-12-23-18-9-5-4-8-16(17)18/h4-5,8-9,12,15,23H,2-3,6-7,10-11,13-14H2,1H3,(H,22,27). The topological polar surface area (TPSA) is 84.8 Å². The van der Waals surface area contributed by atoms with Crippen LogP contribution in [0.5, 0.6) is 0 Å². The van der Waals surface area contributed by atoms with E-state index in [-0.39, 0.29) is 12.0 Å². The molecule has 0 bridgehead atoms. The van der Waals surface area contributed by atoms with Crippen LogP contribution in [0.15, 0.2) is 35.6 Å². The maximum atomic E-state index is 12.1. The number of para-hydroxylation sites is 1. The maximum Gasteiger partial charge on any atom is 0.230 e. The van der Waals surface area contributed by atoms with Crippen LogP contribution in [0.3, 0.4) is 0 Å². The first-order chi connectivity index (χ1) is 14.3. The third-order valence-corrected chi connectivity index (χ3v) is 6.11. The molecule has 0 spiro atoms. The molecule has 1 aliphatic rings. The molecule has 4 rings (SSSR count). The average Bonchev–Trinajstić information content (AvgIpc) is 3.47. The van der Waals surface area contributed by atoms with Gasteiger partial charge < -0.3 is 15.0 Å². The fourth-order valence-electron chi connectivity index (χ4n) is 3.59. The lowest BCUT2D eigenvalue weighted by Crippen LogP contribution is -2.26. The predicted octanol–water partition coefficient (Wildman–Crippen LogP) is 3.61. The highest BCUT2D eigenvalue weighted by Gasteiger charge is 2.23. The second kappa shape index (κ2) is 9.45. The van der Waals surface area contributed by atoms with E-state index in [9.17, 15) is 4.79 Å². The molecule has 3 heterocycles. The Labute approximate surface area is 174 Å². The van der Waals surface area contributed by atoms with Gasteiger partial charge in [-0.25, -0.2) is 0 Å². The zero-order valence-corrected chi connectivity index (χ0v) is 17.5. The molecule has 1 fully saturated rings. The normalized spacial score (nSPS) is 16.5. The molecule has 0 saturated carbocycles. The van der Waals surface area contributed by atoms with Crippen molar-refractivity contribution >= 4 is 28.6 Å². The lowest BCUT2D eigenvalue weighted by atomic mass is 10.1. The van der Waals surface area contributed by atoms with Crippen LogP contribution in [-0.4, -0.2) is 50.7 Å². The van der Waals surface area contributed by atoms with Crippen molar-refractivity contribution in [2.75, 3.05) is 18.9 Å². The molecule has 1 aromatic carbocycles. The van der Waals surface area contributed by atoms with E-state index in [1.165, 1.54) is 11.8 Å². The van der Waals surface area contributed by atoms with Gasteiger partial charge in [0.25, 0.3) is 0 Å². The van der Waals surface area contributed by atoms with Gasteiger partial charge in [-0.2, -0.15) is 0 Å². The number of aromatic nitrogens is 4. The molecular formula is C21H27N5O2S. The largest absolute Gasteiger partial charge is 0.376 e. The Morgan fingerprint density at radius 2 is 2.28 bits per heavy atom. The van der Waals surface area contributed by atoms with Crippen molar-refractivity contribution in [2.24, 2.45) is 0 Å². The van der Waals surface area contributed by atoms with Crippen molar-refractivity contribution < 1.29 is 9.53 Å². The van der Waals surface area contributed by atoms with E-state index in [4.69, 9.17) is 4.74 Å². The summed E-state index contributed by atoms with van der Waals surface area (Å²) in [5, 5.41) is 13.7. The number of benzene rings is 1. The van der Waals surface area contributed by atoms with Crippen molar-refractivity contribution in [1.82, 2.24) is 25.1 Å². The molecule has 1 saturated heterocycles. The van der Waals surface area contributed by atoms with Gasteiger partial charge in [-0.1, -0.05) is 43.3 Å². The van der Waals surface area contributed by atoms with Crippen LogP contribution in [0.1, 0.15) is 32.6 Å². The number of carbonyl (C=O) groups excluding carboxylic acids is 1. The summed E-state index contributed by atoms with van der Waals surface area (Å²) in [5.74, 6) is 1.18. The van der Waals surface area contributed by atoms with Gasteiger partial charge in [-0.05, 0) is 25.3 Å². The number of nitrogens with zero attached hydrogens (tertiary/aromatic N) is 3. The maximum absolute atomic E-state index is 12.1. The summed E-state index contributed by atoms with van der Waals surface area (Å²) in [4.78, 5) is 15.5. The van der Waals surface area contributed by atoms with Gasteiger partial charge in [0.2, 0.25) is 5.91 Å². The van der Waals surface area contributed by atoms with Gasteiger partial charge in [0, 0.05) is 35.8 Å². The summed E-state index contributed by atoms with van der Waals surface area (Å²) in [6.07, 6.45) is 6.32. The van der Waals surface area contributed by atoms with Gasteiger partial charge in [-0.3, -0.25) is 9.36 Å². The number of ether oxygens (including phenoxy) is 1. The number of amides is 1. The number of thioether (sulfide) groups is 1. The quantitative estimate of drug-likeness (QED) is 0.413. The molecule has 1 unspecified atom stereocenters. The van der Waals surface area contributed by atoms with Crippen LogP contribution in [0.25, 0.3) is 22.3 Å². The lowest BCUT2D eigenvalue weighted by Gasteiger charge is -2.14. The number of unbranched alkanes of at least 4 members (excludes halogenated alkanes) is 1. The van der Waals surface area contributed by atoms with E-state index in [1.54, 1.807) is 0 Å². The van der Waals surface area contributed by atoms with Gasteiger partial charge in [0.1, 0.15) is 0 Å². The Kier molecular flexibility index (Phi) is 6.51. The number of fused-ring (bicyclic) bond motifs is 1. The summed E-state index contributed by atoms with van der Waals surface area (Å²) in [6.45, 7) is 4.33. The van der Waals surface area contributed by atoms with Crippen molar-refractivity contribution in [3.63, 3.8) is 0 Å². The monoisotopic (exact) mass is 413 g/mol. The summed E-state index contributed by atoms with van der Waals surface area (Å²) < 4.78 is 7.97. The number of hydrogen-bond donors (Lipinski definition) is 2. The SMILES string of the molecule is CCCCNC(=O)CSc1nnc(-c2c[nH]c3ccccc23)n1CC1CCCO1. The molecule has 154 valence electrons. The molecule has 8 heteroatoms. The molecule has 2 N–H and O–H groups in total. The number of rotatable bonds is 9. The van der Waals surface area contributed by atoms with E-state index in [2.05, 4.69) is 44.1 Å². The number of carbonyl (C=O) groups is 1. The molecule has 0 aliphatic carbocycles. The first-order valence-corrected chi connectivity index (χ1v) is 11.3. The average molecular weight is 414 g/mol. The van der Waals surface area contributed by atoms with Crippen LogP contribution < -0.4 is 5.32 Å². The van der Waals surface area contributed by atoms with Gasteiger partial charge >= 0.3 is 0 Å². The van der Waals surface area contributed by atoms with Gasteiger partial charge in [0.15, 0.2) is 11.0 Å². The highest BCUT2D eigenvalue weighted by atomic mass is 32.2. The third-order valence-electron chi connectivity index (χ3n) is 5.14. The van der Waals surface area contributed by atoms with Crippen LogP contribution >= 0.6 is 11.8 Å². The Balaban J connectivity index is 1.57. The van der Waals surface area contributed by atoms with E-state index >= 15 is 0 Å². The van der Waals surface area contributed by atoms with Crippen LogP contribution in [-0.2, 0) is 16.1 Å². The van der Waals surface area contributed by atoms with Crippen molar-refractivity contribution in [3.8, 4) is 11.4 Å². The molecular weight excluding hydrogens is 386 g/mol. The molecule has 1 amide bonds. The van der Waals surface area contributed by atoms with Crippen molar-refractivity contribution in [1.29, 1.82) is 0 Å². The minimum absolute atomic E-state index is 0.0313. The van der Waals surface area contributed by atoms with E-state index in [0.29, 0.717) is 12.3 Å². The first-order valence-electron chi connectivity index (χ1n) is 10.3. The van der Waals surface area contributed by atoms with E-state index in [1.807, 2.05) is 18.3 Å². The Morgan fingerprint density at radius 1 is 1.38 bits per heavy atom. The fraction of sp³-hybridized carbons (Fsp3) is 0.476. The lowest BCUT2D eigenvalue weighted by molar-refractivity contribution is -0.118. The number of hydrogen-bond acceptors (Lipinski definition) is 5. The molecule has 29 heavy (non-hydrogen) atoms. The first kappa shape index (κ1) is 20.0. The molecule has 3 aromatic rings.